The smallest absolute Gasteiger partial charge is 0.251 e. The first-order valence-electron chi connectivity index (χ1n) is 6.24. The van der Waals surface area contributed by atoms with Crippen molar-refractivity contribution >= 4 is 15.7 Å². The van der Waals surface area contributed by atoms with E-state index in [1.165, 1.54) is 12.1 Å². The van der Waals surface area contributed by atoms with Crippen LogP contribution in [0.3, 0.4) is 0 Å². The molecule has 1 aromatic rings. The molecule has 0 heterocycles. The Morgan fingerprint density at radius 2 is 2.16 bits per heavy atom. The number of allylic oxidation sites excluding steroid dienone is 1. The molecule has 1 unspecified atom stereocenters. The number of rotatable bonds is 3. The minimum absolute atomic E-state index is 0.0446. The number of amides is 1. The fourth-order valence-electron chi connectivity index (χ4n) is 2.05. The highest BCUT2D eigenvalue weighted by Crippen LogP contribution is 2.14. The van der Waals surface area contributed by atoms with E-state index in [0.717, 1.165) is 25.5 Å². The van der Waals surface area contributed by atoms with Gasteiger partial charge in [-0.3, -0.25) is 4.79 Å². The van der Waals surface area contributed by atoms with Crippen LogP contribution in [0.25, 0.3) is 0 Å². The van der Waals surface area contributed by atoms with Crippen LogP contribution in [-0.2, 0) is 9.84 Å². The number of sulfone groups is 1. The molecule has 0 aromatic heterocycles. The van der Waals surface area contributed by atoms with Crippen molar-refractivity contribution in [3.05, 3.63) is 42.0 Å². The second-order valence-electron chi connectivity index (χ2n) is 4.74. The Kier molecular flexibility index (Phi) is 4.04. The summed E-state index contributed by atoms with van der Waals surface area (Å²) in [7, 11) is -3.29. The van der Waals surface area contributed by atoms with E-state index in [1.807, 2.05) is 6.08 Å². The van der Waals surface area contributed by atoms with Gasteiger partial charge in [-0.1, -0.05) is 18.2 Å². The van der Waals surface area contributed by atoms with Gasteiger partial charge in [0.05, 0.1) is 4.90 Å². The molecule has 0 saturated heterocycles. The normalized spacial score (nSPS) is 19.1. The molecule has 19 heavy (non-hydrogen) atoms. The van der Waals surface area contributed by atoms with Gasteiger partial charge in [0.15, 0.2) is 9.84 Å². The molecular formula is C14H17NO3S. The summed E-state index contributed by atoms with van der Waals surface area (Å²) in [5, 5.41) is 2.89. The zero-order valence-electron chi connectivity index (χ0n) is 10.8. The van der Waals surface area contributed by atoms with Gasteiger partial charge in [0.25, 0.3) is 5.91 Å². The predicted molar refractivity (Wildman–Crippen MR) is 73.8 cm³/mol. The van der Waals surface area contributed by atoms with E-state index in [1.54, 1.807) is 12.1 Å². The van der Waals surface area contributed by atoms with Crippen LogP contribution in [0, 0.1) is 0 Å². The Balaban J connectivity index is 2.15. The van der Waals surface area contributed by atoms with Crippen LogP contribution in [0.1, 0.15) is 29.6 Å². The van der Waals surface area contributed by atoms with Crippen molar-refractivity contribution in [1.29, 1.82) is 0 Å². The summed E-state index contributed by atoms with van der Waals surface area (Å²) in [5.74, 6) is -0.234. The fraction of sp³-hybridized carbons (Fsp3) is 0.357. The number of benzene rings is 1. The first-order valence-corrected chi connectivity index (χ1v) is 8.13. The summed E-state index contributed by atoms with van der Waals surface area (Å²) in [6.45, 7) is 0. The highest BCUT2D eigenvalue weighted by molar-refractivity contribution is 7.90. The molecule has 0 radical (unpaired) electrons. The van der Waals surface area contributed by atoms with Crippen molar-refractivity contribution in [2.24, 2.45) is 0 Å². The molecule has 2 rings (SSSR count). The zero-order chi connectivity index (χ0) is 13.9. The van der Waals surface area contributed by atoms with Crippen molar-refractivity contribution in [2.75, 3.05) is 6.26 Å². The lowest BCUT2D eigenvalue weighted by Gasteiger charge is -2.18. The number of carbonyl (C=O) groups is 1. The topological polar surface area (TPSA) is 63.2 Å². The van der Waals surface area contributed by atoms with Gasteiger partial charge < -0.3 is 5.32 Å². The van der Waals surface area contributed by atoms with Gasteiger partial charge in [0.1, 0.15) is 0 Å². The van der Waals surface area contributed by atoms with Crippen molar-refractivity contribution in [3.63, 3.8) is 0 Å². The van der Waals surface area contributed by atoms with E-state index in [9.17, 15) is 13.2 Å². The van der Waals surface area contributed by atoms with E-state index in [-0.39, 0.29) is 16.8 Å². The highest BCUT2D eigenvalue weighted by Gasteiger charge is 2.15. The van der Waals surface area contributed by atoms with E-state index in [4.69, 9.17) is 0 Å². The molecule has 1 aliphatic carbocycles. The van der Waals surface area contributed by atoms with Crippen LogP contribution in [-0.4, -0.2) is 26.6 Å². The van der Waals surface area contributed by atoms with Gasteiger partial charge in [-0.05, 0) is 37.5 Å². The average Bonchev–Trinajstić information content (AvgIpc) is 2.39. The standard InChI is InChI=1S/C14H17NO3S/c1-19(17,18)13-9-5-6-11(10-13)14(16)15-12-7-3-2-4-8-12/h3,5-7,9-10,12H,2,4,8H2,1H3,(H,15,16). The second-order valence-corrected chi connectivity index (χ2v) is 6.75. The molecule has 1 aromatic carbocycles. The van der Waals surface area contributed by atoms with Crippen molar-refractivity contribution in [1.82, 2.24) is 5.32 Å². The molecule has 1 N–H and O–H groups in total. The summed E-state index contributed by atoms with van der Waals surface area (Å²) < 4.78 is 22.9. The van der Waals surface area contributed by atoms with Crippen LogP contribution < -0.4 is 5.32 Å². The van der Waals surface area contributed by atoms with Gasteiger partial charge in [0, 0.05) is 17.9 Å². The van der Waals surface area contributed by atoms with Crippen molar-refractivity contribution in [2.45, 2.75) is 30.2 Å². The summed E-state index contributed by atoms with van der Waals surface area (Å²) in [5.41, 5.74) is 0.377. The summed E-state index contributed by atoms with van der Waals surface area (Å²) in [6, 6.07) is 6.16. The maximum absolute atomic E-state index is 12.1. The third-order valence-corrected chi connectivity index (χ3v) is 4.21. The number of hydrogen-bond donors (Lipinski definition) is 1. The lowest BCUT2D eigenvalue weighted by atomic mass is 10.0. The molecule has 5 heteroatoms. The molecule has 1 amide bonds. The highest BCUT2D eigenvalue weighted by atomic mass is 32.2. The molecule has 1 aliphatic rings. The molecule has 0 spiro atoms. The van der Waals surface area contributed by atoms with Gasteiger partial charge in [-0.2, -0.15) is 0 Å². The van der Waals surface area contributed by atoms with E-state index in [0.29, 0.717) is 5.56 Å². The Labute approximate surface area is 113 Å². The number of nitrogens with one attached hydrogen (secondary N) is 1. The monoisotopic (exact) mass is 279 g/mol. The molecule has 102 valence electrons. The maximum Gasteiger partial charge on any atom is 0.251 e. The van der Waals surface area contributed by atoms with Crippen molar-refractivity contribution < 1.29 is 13.2 Å². The predicted octanol–water partition coefficient (Wildman–Crippen LogP) is 1.93. The molecule has 1 atom stereocenters. The minimum atomic E-state index is -3.29. The molecule has 0 bridgehead atoms. The summed E-state index contributed by atoms with van der Waals surface area (Å²) in [6.07, 6.45) is 8.21. The minimum Gasteiger partial charge on any atom is -0.346 e. The van der Waals surface area contributed by atoms with E-state index < -0.39 is 9.84 Å². The largest absolute Gasteiger partial charge is 0.346 e. The SMILES string of the molecule is CS(=O)(=O)c1cccc(C(=O)NC2C=CCCC2)c1. The Bertz CT molecular complexity index is 605. The lowest BCUT2D eigenvalue weighted by molar-refractivity contribution is 0.0941. The van der Waals surface area contributed by atoms with Gasteiger partial charge in [-0.25, -0.2) is 8.42 Å². The van der Waals surface area contributed by atoms with Gasteiger partial charge in [0.2, 0.25) is 0 Å². The van der Waals surface area contributed by atoms with Crippen LogP contribution in [0.2, 0.25) is 0 Å². The van der Waals surface area contributed by atoms with Gasteiger partial charge >= 0.3 is 0 Å². The second kappa shape index (κ2) is 5.57. The molecular weight excluding hydrogens is 262 g/mol. The molecule has 0 saturated carbocycles. The van der Waals surface area contributed by atoms with Crippen LogP contribution in [0.4, 0.5) is 0 Å². The summed E-state index contributed by atoms with van der Waals surface area (Å²) in [4.78, 5) is 12.2. The summed E-state index contributed by atoms with van der Waals surface area (Å²) >= 11 is 0. The Hall–Kier alpha value is -1.62. The molecule has 0 fully saturated rings. The van der Waals surface area contributed by atoms with Crippen molar-refractivity contribution in [3.8, 4) is 0 Å². The average molecular weight is 279 g/mol. The Morgan fingerprint density at radius 3 is 2.79 bits per heavy atom. The number of carbonyl (C=O) groups excluding carboxylic acids is 1. The van der Waals surface area contributed by atoms with Gasteiger partial charge in [-0.15, -0.1) is 0 Å². The maximum atomic E-state index is 12.1. The Morgan fingerprint density at radius 1 is 1.37 bits per heavy atom. The third-order valence-electron chi connectivity index (χ3n) is 3.10. The molecule has 4 nitrogen and oxygen atoms in total. The van der Waals surface area contributed by atoms with E-state index >= 15 is 0 Å². The molecule has 0 aliphatic heterocycles. The van der Waals surface area contributed by atoms with E-state index in [2.05, 4.69) is 11.4 Å². The zero-order valence-corrected chi connectivity index (χ0v) is 11.6. The first-order chi connectivity index (χ1) is 8.97. The fourth-order valence-corrected chi connectivity index (χ4v) is 2.72. The quantitative estimate of drug-likeness (QED) is 0.860. The van der Waals surface area contributed by atoms with Crippen LogP contribution in [0.5, 0.6) is 0 Å². The van der Waals surface area contributed by atoms with Crippen LogP contribution >= 0.6 is 0 Å². The number of hydrogen-bond acceptors (Lipinski definition) is 3. The lowest BCUT2D eigenvalue weighted by Crippen LogP contribution is -2.34. The third kappa shape index (κ3) is 3.67. The van der Waals surface area contributed by atoms with Crippen LogP contribution in [0.15, 0.2) is 41.3 Å². The first kappa shape index (κ1) is 13.8.